The molecule has 4 heteroatoms. The summed E-state index contributed by atoms with van der Waals surface area (Å²) in [6, 6.07) is 5.74. The zero-order valence-corrected chi connectivity index (χ0v) is 11.0. The standard InChI is InChI=1S/C14H20N2O2/c1-10-7-11(2)9-12(8-10)15-13-5-3-4-6-14(13)16(17)18/h7-9,13-15H,3-6H2,1-2H3/t13-,14-/m0/s1. The minimum atomic E-state index is -0.445. The first-order valence-electron chi connectivity index (χ1n) is 6.54. The van der Waals surface area contributed by atoms with Gasteiger partial charge in [0.05, 0.1) is 6.04 Å². The van der Waals surface area contributed by atoms with Gasteiger partial charge in [-0.2, -0.15) is 0 Å². The molecule has 0 heterocycles. The zero-order chi connectivity index (χ0) is 13.1. The van der Waals surface area contributed by atoms with E-state index in [1.165, 1.54) is 11.1 Å². The van der Waals surface area contributed by atoms with Crippen LogP contribution < -0.4 is 5.32 Å². The van der Waals surface area contributed by atoms with E-state index in [1.54, 1.807) is 0 Å². The number of nitrogens with zero attached hydrogens (tertiary/aromatic N) is 1. The lowest BCUT2D eigenvalue weighted by Gasteiger charge is -2.27. The van der Waals surface area contributed by atoms with Crippen LogP contribution in [0.1, 0.15) is 36.8 Å². The number of hydrogen-bond acceptors (Lipinski definition) is 3. The maximum atomic E-state index is 11.1. The topological polar surface area (TPSA) is 55.2 Å². The highest BCUT2D eigenvalue weighted by Crippen LogP contribution is 2.25. The predicted molar refractivity (Wildman–Crippen MR) is 72.6 cm³/mol. The lowest BCUT2D eigenvalue weighted by molar-refractivity contribution is -0.527. The highest BCUT2D eigenvalue weighted by molar-refractivity contribution is 5.49. The van der Waals surface area contributed by atoms with E-state index in [4.69, 9.17) is 0 Å². The molecule has 98 valence electrons. The fourth-order valence-corrected chi connectivity index (χ4v) is 2.80. The normalized spacial score (nSPS) is 23.7. The molecule has 0 aromatic heterocycles. The van der Waals surface area contributed by atoms with Gasteiger partial charge >= 0.3 is 0 Å². The van der Waals surface area contributed by atoms with E-state index in [2.05, 4.69) is 23.5 Å². The van der Waals surface area contributed by atoms with Gasteiger partial charge in [-0.3, -0.25) is 10.1 Å². The van der Waals surface area contributed by atoms with Crippen molar-refractivity contribution in [3.63, 3.8) is 0 Å². The highest BCUT2D eigenvalue weighted by atomic mass is 16.6. The van der Waals surface area contributed by atoms with Crippen LogP contribution in [-0.2, 0) is 0 Å². The van der Waals surface area contributed by atoms with Crippen LogP contribution in [-0.4, -0.2) is 17.0 Å². The molecule has 1 saturated carbocycles. The molecule has 2 atom stereocenters. The third kappa shape index (κ3) is 3.00. The Kier molecular flexibility index (Phi) is 3.84. The maximum Gasteiger partial charge on any atom is 0.232 e. The number of anilines is 1. The van der Waals surface area contributed by atoms with Crippen molar-refractivity contribution in [1.82, 2.24) is 0 Å². The fourth-order valence-electron chi connectivity index (χ4n) is 2.80. The summed E-state index contributed by atoms with van der Waals surface area (Å²) in [6.07, 6.45) is 3.62. The second-order valence-corrected chi connectivity index (χ2v) is 5.26. The van der Waals surface area contributed by atoms with E-state index in [9.17, 15) is 10.1 Å². The van der Waals surface area contributed by atoms with E-state index in [1.807, 2.05) is 13.8 Å². The third-order valence-corrected chi connectivity index (χ3v) is 3.57. The molecule has 0 radical (unpaired) electrons. The monoisotopic (exact) mass is 248 g/mol. The first-order chi connectivity index (χ1) is 8.56. The van der Waals surface area contributed by atoms with Gasteiger partial charge in [0.2, 0.25) is 6.04 Å². The van der Waals surface area contributed by atoms with E-state index in [0.29, 0.717) is 6.42 Å². The van der Waals surface area contributed by atoms with Crippen LogP contribution in [0.2, 0.25) is 0 Å². The van der Waals surface area contributed by atoms with Crippen molar-refractivity contribution in [3.8, 4) is 0 Å². The van der Waals surface area contributed by atoms with Crippen LogP contribution in [0.15, 0.2) is 18.2 Å². The number of rotatable bonds is 3. The Balaban J connectivity index is 2.13. The summed E-state index contributed by atoms with van der Waals surface area (Å²) >= 11 is 0. The molecule has 0 aliphatic heterocycles. The second-order valence-electron chi connectivity index (χ2n) is 5.26. The van der Waals surface area contributed by atoms with Gasteiger partial charge in [0.1, 0.15) is 0 Å². The maximum absolute atomic E-state index is 11.1. The van der Waals surface area contributed by atoms with Crippen LogP contribution in [0.5, 0.6) is 0 Å². The molecule has 1 aromatic rings. The molecule has 0 spiro atoms. The summed E-state index contributed by atoms with van der Waals surface area (Å²) in [7, 11) is 0. The summed E-state index contributed by atoms with van der Waals surface area (Å²) in [5.41, 5.74) is 3.38. The minimum absolute atomic E-state index is 0.0325. The molecule has 1 aliphatic carbocycles. The molecule has 1 fully saturated rings. The van der Waals surface area contributed by atoms with Crippen molar-refractivity contribution >= 4 is 5.69 Å². The predicted octanol–water partition coefficient (Wildman–Crippen LogP) is 3.30. The number of aryl methyl sites for hydroxylation is 2. The lowest BCUT2D eigenvalue weighted by atomic mass is 9.90. The Morgan fingerprint density at radius 3 is 2.39 bits per heavy atom. The van der Waals surface area contributed by atoms with Gasteiger partial charge in [-0.1, -0.05) is 12.5 Å². The molecule has 0 saturated heterocycles. The van der Waals surface area contributed by atoms with Crippen LogP contribution in [0.3, 0.4) is 0 Å². The van der Waals surface area contributed by atoms with Gasteiger partial charge in [-0.25, -0.2) is 0 Å². The van der Waals surface area contributed by atoms with E-state index < -0.39 is 6.04 Å². The first-order valence-corrected chi connectivity index (χ1v) is 6.54. The van der Waals surface area contributed by atoms with Gasteiger partial charge in [-0.15, -0.1) is 0 Å². The van der Waals surface area contributed by atoms with Crippen molar-refractivity contribution in [3.05, 3.63) is 39.4 Å². The Morgan fingerprint density at radius 2 is 1.78 bits per heavy atom. The van der Waals surface area contributed by atoms with Gasteiger partial charge in [0.15, 0.2) is 0 Å². The molecule has 1 aromatic carbocycles. The van der Waals surface area contributed by atoms with Crippen LogP contribution in [0.25, 0.3) is 0 Å². The Labute approximate surface area is 108 Å². The van der Waals surface area contributed by atoms with Gasteiger partial charge in [-0.05, 0) is 49.9 Å². The molecule has 4 nitrogen and oxygen atoms in total. The summed E-state index contributed by atoms with van der Waals surface area (Å²) in [5.74, 6) is 0. The quantitative estimate of drug-likeness (QED) is 0.659. The SMILES string of the molecule is Cc1cc(C)cc(N[C@H]2CCCC[C@@H]2[N+](=O)[O-])c1. The molecule has 0 unspecified atom stereocenters. The Morgan fingerprint density at radius 1 is 1.17 bits per heavy atom. The van der Waals surface area contributed by atoms with Gasteiger partial charge < -0.3 is 5.32 Å². The van der Waals surface area contributed by atoms with E-state index in [0.717, 1.165) is 24.9 Å². The molecule has 18 heavy (non-hydrogen) atoms. The number of hydrogen-bond donors (Lipinski definition) is 1. The summed E-state index contributed by atoms with van der Waals surface area (Å²) in [4.78, 5) is 10.9. The summed E-state index contributed by atoms with van der Waals surface area (Å²) in [5, 5.41) is 14.4. The molecule has 0 amide bonds. The van der Waals surface area contributed by atoms with Gasteiger partial charge in [0.25, 0.3) is 0 Å². The van der Waals surface area contributed by atoms with Gasteiger partial charge in [0, 0.05) is 17.0 Å². The molecule has 0 bridgehead atoms. The van der Waals surface area contributed by atoms with Crippen molar-refractivity contribution in [2.24, 2.45) is 0 Å². The number of benzene rings is 1. The zero-order valence-electron chi connectivity index (χ0n) is 11.0. The average Bonchev–Trinajstić information content (AvgIpc) is 2.27. The Bertz CT molecular complexity index is 425. The molecular formula is C14H20N2O2. The molecule has 1 N–H and O–H groups in total. The largest absolute Gasteiger partial charge is 0.376 e. The van der Waals surface area contributed by atoms with Crippen molar-refractivity contribution in [1.29, 1.82) is 0 Å². The molecule has 2 rings (SSSR count). The van der Waals surface area contributed by atoms with Crippen LogP contribution in [0, 0.1) is 24.0 Å². The molecular weight excluding hydrogens is 228 g/mol. The minimum Gasteiger partial charge on any atom is -0.376 e. The fraction of sp³-hybridized carbons (Fsp3) is 0.571. The van der Waals surface area contributed by atoms with Crippen LogP contribution in [0.4, 0.5) is 5.69 Å². The van der Waals surface area contributed by atoms with Crippen molar-refractivity contribution in [2.45, 2.75) is 51.6 Å². The van der Waals surface area contributed by atoms with Crippen molar-refractivity contribution < 1.29 is 4.92 Å². The van der Waals surface area contributed by atoms with Crippen LogP contribution >= 0.6 is 0 Å². The first kappa shape index (κ1) is 12.9. The summed E-state index contributed by atoms with van der Waals surface area (Å²) < 4.78 is 0. The summed E-state index contributed by atoms with van der Waals surface area (Å²) in [6.45, 7) is 4.09. The number of nitro groups is 1. The smallest absolute Gasteiger partial charge is 0.232 e. The van der Waals surface area contributed by atoms with Crippen molar-refractivity contribution in [2.75, 3.05) is 5.32 Å². The van der Waals surface area contributed by atoms with E-state index >= 15 is 0 Å². The Hall–Kier alpha value is -1.58. The average molecular weight is 248 g/mol. The second kappa shape index (κ2) is 5.38. The lowest BCUT2D eigenvalue weighted by Crippen LogP contribution is -2.41. The molecule has 1 aliphatic rings. The highest BCUT2D eigenvalue weighted by Gasteiger charge is 2.33. The number of nitrogens with one attached hydrogen (secondary N) is 1. The third-order valence-electron chi connectivity index (χ3n) is 3.57. The van der Waals surface area contributed by atoms with E-state index in [-0.39, 0.29) is 11.0 Å².